The highest BCUT2D eigenvalue weighted by atomic mass is 19.4. The van der Waals surface area contributed by atoms with Crippen LogP contribution in [0.4, 0.5) is 18.9 Å². The minimum Gasteiger partial charge on any atom is -0.391 e. The minimum absolute atomic E-state index is 0.0270. The molecule has 1 aliphatic rings. The van der Waals surface area contributed by atoms with Crippen molar-refractivity contribution in [3.05, 3.63) is 65.4 Å². The predicted molar refractivity (Wildman–Crippen MR) is 111 cm³/mol. The number of hydrogen-bond donors (Lipinski definition) is 2. The number of nitrogens with one attached hydrogen (secondary N) is 1. The lowest BCUT2D eigenvalue weighted by Gasteiger charge is -2.29. The molecule has 1 aliphatic heterocycles. The van der Waals surface area contributed by atoms with Crippen LogP contribution < -0.4 is 11.1 Å². The number of nitrogens with two attached hydrogens (primary N) is 1. The van der Waals surface area contributed by atoms with Gasteiger partial charge in [0.15, 0.2) is 0 Å². The normalized spacial score (nSPS) is 15.4. The van der Waals surface area contributed by atoms with Crippen LogP contribution >= 0.6 is 0 Å². The number of carbonyl (C=O) groups is 1. The first kappa shape index (κ1) is 21.4. The van der Waals surface area contributed by atoms with Gasteiger partial charge in [-0.05, 0) is 35.4 Å². The molecular formula is C22H23F3N4O. The van der Waals surface area contributed by atoms with Gasteiger partial charge in [-0.1, -0.05) is 24.3 Å². The van der Waals surface area contributed by atoms with E-state index in [2.05, 4.69) is 10.3 Å². The van der Waals surface area contributed by atoms with E-state index in [9.17, 15) is 18.0 Å². The van der Waals surface area contributed by atoms with Gasteiger partial charge in [-0.2, -0.15) is 13.2 Å². The van der Waals surface area contributed by atoms with E-state index in [4.69, 9.17) is 5.73 Å². The van der Waals surface area contributed by atoms with E-state index in [1.807, 2.05) is 0 Å². The van der Waals surface area contributed by atoms with E-state index in [1.54, 1.807) is 42.3 Å². The molecule has 30 heavy (non-hydrogen) atoms. The van der Waals surface area contributed by atoms with Crippen molar-refractivity contribution in [3.63, 3.8) is 0 Å². The van der Waals surface area contributed by atoms with Gasteiger partial charge >= 0.3 is 6.18 Å². The van der Waals surface area contributed by atoms with Crippen molar-refractivity contribution in [3.8, 4) is 11.1 Å². The maximum Gasteiger partial charge on any atom is 0.416 e. The van der Waals surface area contributed by atoms with Gasteiger partial charge < -0.3 is 16.0 Å². The molecule has 3 rings (SSSR count). The molecule has 0 aromatic heterocycles. The Hall–Kier alpha value is -3.29. The Labute approximate surface area is 173 Å². The third kappa shape index (κ3) is 4.82. The number of halogens is 3. The molecule has 0 aliphatic carbocycles. The molecule has 3 N–H and O–H groups in total. The summed E-state index contributed by atoms with van der Waals surface area (Å²) in [6.07, 6.45) is -3.72. The third-order valence-corrected chi connectivity index (χ3v) is 5.04. The zero-order valence-corrected chi connectivity index (χ0v) is 16.8. The molecule has 5 nitrogen and oxygen atoms in total. The lowest BCUT2D eigenvalue weighted by Crippen LogP contribution is -2.40. The fourth-order valence-corrected chi connectivity index (χ4v) is 3.35. The Morgan fingerprint density at radius 3 is 2.43 bits per heavy atom. The third-order valence-electron chi connectivity index (χ3n) is 5.04. The van der Waals surface area contributed by atoms with Crippen LogP contribution in [0.3, 0.4) is 0 Å². The van der Waals surface area contributed by atoms with E-state index >= 15 is 0 Å². The number of benzene rings is 2. The molecule has 0 spiro atoms. The zero-order valence-electron chi connectivity index (χ0n) is 16.8. The lowest BCUT2D eigenvalue weighted by molar-refractivity contribution is -0.137. The standard InChI is InChI=1S/C22H23F3N4O/c1-14(30)29-11-10-20(27-2)19(13-29)21(26)28-18-8-6-15(7-9-18)16-4-3-5-17(12-16)22(23,24)25/h3-9,12,27H,10-11,13H2,1-2H3,(H2,26,28). The van der Waals surface area contributed by atoms with Gasteiger partial charge in [0.1, 0.15) is 5.84 Å². The lowest BCUT2D eigenvalue weighted by atomic mass is 10.0. The van der Waals surface area contributed by atoms with Gasteiger partial charge in [-0.3, -0.25) is 4.79 Å². The summed E-state index contributed by atoms with van der Waals surface area (Å²) in [4.78, 5) is 17.9. The molecule has 0 fully saturated rings. The van der Waals surface area contributed by atoms with Crippen molar-refractivity contribution in [2.75, 3.05) is 20.1 Å². The van der Waals surface area contributed by atoms with Crippen LogP contribution in [0.1, 0.15) is 18.9 Å². The predicted octanol–water partition coefficient (Wildman–Crippen LogP) is 4.09. The van der Waals surface area contributed by atoms with Gasteiger partial charge in [0.25, 0.3) is 0 Å². The summed E-state index contributed by atoms with van der Waals surface area (Å²) in [5.41, 5.74) is 8.92. The maximum atomic E-state index is 12.9. The second kappa shape index (κ2) is 8.61. The highest BCUT2D eigenvalue weighted by Gasteiger charge is 2.30. The second-order valence-electron chi connectivity index (χ2n) is 7.02. The van der Waals surface area contributed by atoms with Crippen molar-refractivity contribution in [1.82, 2.24) is 10.2 Å². The van der Waals surface area contributed by atoms with Gasteiger partial charge in [0.05, 0.1) is 17.8 Å². The molecule has 1 heterocycles. The van der Waals surface area contributed by atoms with Crippen LogP contribution in [-0.2, 0) is 11.0 Å². The van der Waals surface area contributed by atoms with Gasteiger partial charge in [0.2, 0.25) is 5.91 Å². The summed E-state index contributed by atoms with van der Waals surface area (Å²) in [7, 11) is 1.80. The molecule has 2 aromatic carbocycles. The van der Waals surface area contributed by atoms with Crippen LogP contribution in [0.25, 0.3) is 11.1 Å². The van der Waals surface area contributed by atoms with E-state index in [-0.39, 0.29) is 5.91 Å². The first-order chi connectivity index (χ1) is 14.2. The molecule has 0 unspecified atom stereocenters. The van der Waals surface area contributed by atoms with E-state index in [0.717, 1.165) is 23.4 Å². The van der Waals surface area contributed by atoms with Crippen LogP contribution in [0, 0.1) is 0 Å². The molecule has 0 atom stereocenters. The average Bonchev–Trinajstić information content (AvgIpc) is 2.73. The Morgan fingerprint density at radius 2 is 1.83 bits per heavy atom. The van der Waals surface area contributed by atoms with Crippen molar-refractivity contribution in [2.24, 2.45) is 10.7 Å². The molecule has 0 saturated carbocycles. The van der Waals surface area contributed by atoms with Gasteiger partial charge in [-0.15, -0.1) is 0 Å². The fraction of sp³-hybridized carbons (Fsp3) is 0.273. The smallest absolute Gasteiger partial charge is 0.391 e. The summed E-state index contributed by atoms with van der Waals surface area (Å²) in [6.45, 7) is 2.51. The number of nitrogens with zero attached hydrogens (tertiary/aromatic N) is 2. The topological polar surface area (TPSA) is 70.7 Å². The second-order valence-corrected chi connectivity index (χ2v) is 7.02. The van der Waals surface area contributed by atoms with Crippen LogP contribution in [-0.4, -0.2) is 36.8 Å². The number of alkyl halides is 3. The zero-order chi connectivity index (χ0) is 21.9. The van der Waals surface area contributed by atoms with Crippen molar-refractivity contribution < 1.29 is 18.0 Å². The quantitative estimate of drug-likeness (QED) is 0.583. The summed E-state index contributed by atoms with van der Waals surface area (Å²) < 4.78 is 38.8. The van der Waals surface area contributed by atoms with E-state index in [1.165, 1.54) is 13.0 Å². The highest BCUT2D eigenvalue weighted by molar-refractivity contribution is 6.00. The molecule has 0 radical (unpaired) electrons. The molecule has 0 saturated heterocycles. The SMILES string of the molecule is CNC1=C(C(N)=Nc2ccc(-c3cccc(C(F)(F)F)c3)cc2)CN(C(C)=O)CC1. The number of carbonyl (C=O) groups excluding carboxylic acids is 1. The van der Waals surface area contributed by atoms with Crippen LogP contribution in [0.2, 0.25) is 0 Å². The monoisotopic (exact) mass is 416 g/mol. The average molecular weight is 416 g/mol. The first-order valence-electron chi connectivity index (χ1n) is 9.46. The van der Waals surface area contributed by atoms with Crippen molar-refractivity contribution >= 4 is 17.4 Å². The number of amides is 1. The summed E-state index contributed by atoms with van der Waals surface area (Å²) in [6, 6.07) is 12.0. The van der Waals surface area contributed by atoms with Gasteiger partial charge in [0, 0.05) is 38.2 Å². The largest absolute Gasteiger partial charge is 0.416 e. The number of hydrogen-bond acceptors (Lipinski definition) is 3. The van der Waals surface area contributed by atoms with Crippen molar-refractivity contribution in [1.29, 1.82) is 0 Å². The Bertz CT molecular complexity index is 994. The first-order valence-corrected chi connectivity index (χ1v) is 9.46. The molecule has 2 aromatic rings. The summed E-state index contributed by atoms with van der Waals surface area (Å²) >= 11 is 0. The minimum atomic E-state index is -4.39. The Morgan fingerprint density at radius 1 is 1.13 bits per heavy atom. The Kier molecular flexibility index (Phi) is 6.14. The molecule has 1 amide bonds. The fourth-order valence-electron chi connectivity index (χ4n) is 3.35. The van der Waals surface area contributed by atoms with Crippen LogP contribution in [0.15, 0.2) is 64.8 Å². The highest BCUT2D eigenvalue weighted by Crippen LogP contribution is 2.32. The number of aliphatic imine (C=N–C) groups is 1. The van der Waals surface area contributed by atoms with Crippen molar-refractivity contribution in [2.45, 2.75) is 19.5 Å². The molecule has 0 bridgehead atoms. The molecule has 158 valence electrons. The summed E-state index contributed by atoms with van der Waals surface area (Å²) in [5.74, 6) is 0.276. The summed E-state index contributed by atoms with van der Waals surface area (Å²) in [5, 5.41) is 3.12. The number of rotatable bonds is 4. The number of amidine groups is 1. The maximum absolute atomic E-state index is 12.9. The molecule has 8 heteroatoms. The van der Waals surface area contributed by atoms with Crippen LogP contribution in [0.5, 0.6) is 0 Å². The van der Waals surface area contributed by atoms with Gasteiger partial charge in [-0.25, -0.2) is 4.99 Å². The van der Waals surface area contributed by atoms with E-state index < -0.39 is 11.7 Å². The molecular weight excluding hydrogens is 393 g/mol. The van der Waals surface area contributed by atoms with E-state index in [0.29, 0.717) is 42.2 Å². The Balaban J connectivity index is 1.85.